The fraction of sp³-hybridized carbons (Fsp3) is 0.258. The highest BCUT2D eigenvalue weighted by molar-refractivity contribution is 6.83. The van der Waals surface area contributed by atoms with Gasteiger partial charge in [0.1, 0.15) is 31.4 Å². The number of carbonyl (C=O) groups is 1. The van der Waals surface area contributed by atoms with Crippen LogP contribution in [0.5, 0.6) is 17.2 Å². The molecule has 2 atom stereocenters. The lowest BCUT2D eigenvalue weighted by Gasteiger charge is -2.34. The lowest BCUT2D eigenvalue weighted by molar-refractivity contribution is 0.207. The van der Waals surface area contributed by atoms with Crippen molar-refractivity contribution in [1.82, 2.24) is 0 Å². The molecule has 0 N–H and O–H groups in total. The molecule has 6 heteroatoms. The normalized spacial score (nSPS) is 15.4. The van der Waals surface area contributed by atoms with Crippen LogP contribution in [0.3, 0.4) is 0 Å². The van der Waals surface area contributed by atoms with Gasteiger partial charge in [-0.25, -0.2) is 4.79 Å². The van der Waals surface area contributed by atoms with E-state index in [1.54, 1.807) is 24.1 Å². The quantitative estimate of drug-likeness (QED) is 0.262. The first kappa shape index (κ1) is 26.1. The van der Waals surface area contributed by atoms with E-state index in [2.05, 4.69) is 44.1 Å². The van der Waals surface area contributed by atoms with Crippen LogP contribution in [0.1, 0.15) is 12.5 Å². The minimum Gasteiger partial charge on any atom is -0.497 e. The number of para-hydroxylation sites is 2. The van der Waals surface area contributed by atoms with Crippen LogP contribution in [0, 0.1) is 17.4 Å². The highest BCUT2D eigenvalue weighted by Crippen LogP contribution is 2.38. The van der Waals surface area contributed by atoms with Gasteiger partial charge in [0.05, 0.1) is 19.4 Å². The van der Waals surface area contributed by atoms with E-state index in [9.17, 15) is 4.79 Å². The molecule has 5 nitrogen and oxygen atoms in total. The van der Waals surface area contributed by atoms with E-state index in [4.69, 9.17) is 14.2 Å². The van der Waals surface area contributed by atoms with Crippen LogP contribution < -0.4 is 19.1 Å². The van der Waals surface area contributed by atoms with Crippen LogP contribution in [0.4, 0.5) is 10.5 Å². The zero-order valence-corrected chi connectivity index (χ0v) is 23.0. The first-order valence-electron chi connectivity index (χ1n) is 12.4. The van der Waals surface area contributed by atoms with Crippen LogP contribution >= 0.6 is 0 Å². The van der Waals surface area contributed by atoms with Gasteiger partial charge in [0.25, 0.3) is 0 Å². The van der Waals surface area contributed by atoms with Crippen molar-refractivity contribution in [1.29, 1.82) is 0 Å². The summed E-state index contributed by atoms with van der Waals surface area (Å²) in [5.74, 6) is 5.52. The van der Waals surface area contributed by atoms with Crippen molar-refractivity contribution < 1.29 is 19.0 Å². The fourth-order valence-corrected chi connectivity index (χ4v) is 4.65. The molecule has 1 aliphatic heterocycles. The molecule has 4 rings (SSSR count). The Bertz CT molecular complexity index is 1320. The summed E-state index contributed by atoms with van der Waals surface area (Å²) in [6.07, 6.45) is 1.63. The van der Waals surface area contributed by atoms with E-state index >= 15 is 0 Å². The molecule has 3 aromatic rings. The largest absolute Gasteiger partial charge is 0.497 e. The molecule has 0 aliphatic carbocycles. The van der Waals surface area contributed by atoms with E-state index in [0.29, 0.717) is 12.4 Å². The molecule has 0 bridgehead atoms. The second-order valence-electron chi connectivity index (χ2n) is 10.0. The van der Waals surface area contributed by atoms with Gasteiger partial charge in [-0.2, -0.15) is 0 Å². The Morgan fingerprint density at radius 3 is 2.24 bits per heavy atom. The Morgan fingerprint density at radius 1 is 0.919 bits per heavy atom. The molecule has 0 saturated heterocycles. The summed E-state index contributed by atoms with van der Waals surface area (Å²) in [5, 5.41) is 0. The number of hydrogen-bond acceptors (Lipinski definition) is 4. The standard InChI is InChI=1S/C31H33NO4Si/c1-23(22-35-26-17-15-25(34-2)16-18-26)29-21-24(19-20-37(3,4)5)32(30-14-10-9-13-28(29)30)31(33)36-27-11-7-6-8-12-27/h6-18,21,23-24H,22H2,1-5H3/t23-,24+/m1/s1. The molecule has 0 aromatic heterocycles. The van der Waals surface area contributed by atoms with Crippen molar-refractivity contribution in [3.05, 3.63) is 90.5 Å². The van der Waals surface area contributed by atoms with Gasteiger partial charge in [0, 0.05) is 11.5 Å². The molecule has 37 heavy (non-hydrogen) atoms. The van der Waals surface area contributed by atoms with Gasteiger partial charge in [-0.3, -0.25) is 4.90 Å². The predicted octanol–water partition coefficient (Wildman–Crippen LogP) is 7.06. The van der Waals surface area contributed by atoms with Crippen molar-refractivity contribution in [2.45, 2.75) is 32.6 Å². The maximum atomic E-state index is 13.5. The van der Waals surface area contributed by atoms with Gasteiger partial charge < -0.3 is 14.2 Å². The van der Waals surface area contributed by atoms with Crippen molar-refractivity contribution >= 4 is 25.4 Å². The summed E-state index contributed by atoms with van der Waals surface area (Å²) in [7, 11) is -0.0476. The second kappa shape index (κ2) is 11.4. The molecular formula is C31H33NO4Si. The lowest BCUT2D eigenvalue weighted by Crippen LogP contribution is -2.43. The number of ether oxygens (including phenoxy) is 3. The molecular weight excluding hydrogens is 478 g/mol. The topological polar surface area (TPSA) is 48.0 Å². The van der Waals surface area contributed by atoms with Gasteiger partial charge in [0.15, 0.2) is 0 Å². The molecule has 0 unspecified atom stereocenters. The van der Waals surface area contributed by atoms with Crippen LogP contribution in [-0.4, -0.2) is 33.9 Å². The number of nitrogens with zero attached hydrogens (tertiary/aromatic N) is 1. The van der Waals surface area contributed by atoms with Crippen LogP contribution in [0.15, 0.2) is 84.9 Å². The summed E-state index contributed by atoms with van der Waals surface area (Å²) in [4.78, 5) is 15.2. The highest BCUT2D eigenvalue weighted by atomic mass is 28.3. The van der Waals surface area contributed by atoms with Gasteiger partial charge in [0.2, 0.25) is 0 Å². The molecule has 0 radical (unpaired) electrons. The molecule has 190 valence electrons. The third-order valence-electron chi connectivity index (χ3n) is 5.92. The predicted molar refractivity (Wildman–Crippen MR) is 152 cm³/mol. The Kier molecular flexibility index (Phi) is 8.05. The summed E-state index contributed by atoms with van der Waals surface area (Å²) >= 11 is 0. The Balaban J connectivity index is 1.66. The third kappa shape index (κ3) is 6.63. The fourth-order valence-electron chi connectivity index (χ4n) is 4.07. The Labute approximate surface area is 220 Å². The molecule has 0 spiro atoms. The maximum Gasteiger partial charge on any atom is 0.421 e. The number of amides is 1. The lowest BCUT2D eigenvalue weighted by atomic mass is 9.88. The molecule has 1 amide bonds. The zero-order valence-electron chi connectivity index (χ0n) is 22.0. The van der Waals surface area contributed by atoms with Crippen LogP contribution in [0.2, 0.25) is 19.6 Å². The Hall–Kier alpha value is -3.95. The maximum absolute atomic E-state index is 13.5. The monoisotopic (exact) mass is 511 g/mol. The smallest absolute Gasteiger partial charge is 0.421 e. The first-order valence-corrected chi connectivity index (χ1v) is 15.9. The van der Waals surface area contributed by atoms with Gasteiger partial charge >= 0.3 is 6.09 Å². The molecule has 1 aliphatic rings. The van der Waals surface area contributed by atoms with Gasteiger partial charge in [-0.1, -0.05) is 68.9 Å². The zero-order chi connectivity index (χ0) is 26.4. The van der Waals surface area contributed by atoms with Gasteiger partial charge in [-0.15, -0.1) is 5.54 Å². The number of fused-ring (bicyclic) bond motifs is 1. The summed E-state index contributed by atoms with van der Waals surface area (Å²) < 4.78 is 17.1. The van der Waals surface area contributed by atoms with Crippen molar-refractivity contribution in [2.75, 3.05) is 18.6 Å². The minimum absolute atomic E-state index is 0.0618. The van der Waals surface area contributed by atoms with Crippen LogP contribution in [0.25, 0.3) is 5.57 Å². The van der Waals surface area contributed by atoms with E-state index in [1.807, 2.05) is 66.7 Å². The van der Waals surface area contributed by atoms with Crippen molar-refractivity contribution in [3.63, 3.8) is 0 Å². The highest BCUT2D eigenvalue weighted by Gasteiger charge is 2.33. The van der Waals surface area contributed by atoms with Gasteiger partial charge in [-0.05, 0) is 54.1 Å². The van der Waals surface area contributed by atoms with Crippen molar-refractivity contribution in [3.8, 4) is 28.7 Å². The van der Waals surface area contributed by atoms with E-state index in [-0.39, 0.29) is 5.92 Å². The molecule has 0 saturated carbocycles. The minimum atomic E-state index is -1.69. The first-order chi connectivity index (χ1) is 17.7. The second-order valence-corrected chi connectivity index (χ2v) is 14.8. The summed E-state index contributed by atoms with van der Waals surface area (Å²) in [5.41, 5.74) is 6.31. The average molecular weight is 512 g/mol. The average Bonchev–Trinajstić information content (AvgIpc) is 2.90. The molecule has 1 heterocycles. The SMILES string of the molecule is COc1ccc(OC[C@@H](C)C2=C[C@H](C#C[Si](C)(C)C)N(C(=O)Oc3ccccc3)c3ccccc32)cc1. The number of anilines is 1. The number of rotatable bonds is 6. The molecule has 3 aromatic carbocycles. The number of benzene rings is 3. The molecule has 0 fully saturated rings. The Morgan fingerprint density at radius 2 is 1.57 bits per heavy atom. The summed E-state index contributed by atoms with van der Waals surface area (Å²) in [6.45, 7) is 9.19. The number of carbonyl (C=O) groups excluding carboxylic acids is 1. The van der Waals surface area contributed by atoms with E-state index < -0.39 is 20.2 Å². The van der Waals surface area contributed by atoms with Crippen molar-refractivity contribution in [2.24, 2.45) is 5.92 Å². The third-order valence-corrected chi connectivity index (χ3v) is 6.81. The number of hydrogen-bond donors (Lipinski definition) is 0. The van der Waals surface area contributed by atoms with Crippen LogP contribution in [-0.2, 0) is 0 Å². The number of methoxy groups -OCH3 is 1. The summed E-state index contributed by atoms with van der Waals surface area (Å²) in [6, 6.07) is 24.2. The van der Waals surface area contributed by atoms with E-state index in [1.165, 1.54) is 0 Å². The van der Waals surface area contributed by atoms with E-state index in [0.717, 1.165) is 28.3 Å².